The average Bonchev–Trinajstić information content (AvgIpc) is 2.87. The van der Waals surface area contributed by atoms with Gasteiger partial charge in [-0.05, 0) is 26.5 Å². The van der Waals surface area contributed by atoms with E-state index in [2.05, 4.69) is 0 Å². The maximum atomic E-state index is 12.6. The van der Waals surface area contributed by atoms with Crippen molar-refractivity contribution in [1.29, 1.82) is 0 Å². The molecule has 1 aromatic carbocycles. The molecule has 1 N–H and O–H groups in total. The first-order chi connectivity index (χ1) is 10.7. The standard InChI is InChI=1S/C16H24N2O4S/c1-12(17(2)10-13-6-4-5-7-15(13)19)16(20)18(3)14-8-9-23(21,22)11-14/h4-7,12,14,19H,8-11H2,1-3H3. The normalized spacial score (nSPS) is 21.3. The number of carbonyl (C=O) groups is 1. The Labute approximate surface area is 137 Å². The second kappa shape index (κ2) is 6.88. The molecule has 1 saturated heterocycles. The van der Waals surface area contributed by atoms with Gasteiger partial charge >= 0.3 is 0 Å². The van der Waals surface area contributed by atoms with E-state index in [0.29, 0.717) is 13.0 Å². The second-order valence-electron chi connectivity index (χ2n) is 6.23. The van der Waals surface area contributed by atoms with Gasteiger partial charge < -0.3 is 10.0 Å². The number of para-hydroxylation sites is 1. The number of carbonyl (C=O) groups excluding carboxylic acids is 1. The summed E-state index contributed by atoms with van der Waals surface area (Å²) in [5.41, 5.74) is 0.751. The maximum absolute atomic E-state index is 12.6. The number of rotatable bonds is 5. The van der Waals surface area contributed by atoms with E-state index in [1.807, 2.05) is 24.1 Å². The predicted octanol–water partition coefficient (Wildman–Crippen LogP) is 0.858. The third-order valence-electron chi connectivity index (χ3n) is 4.53. The Hall–Kier alpha value is -1.60. The van der Waals surface area contributed by atoms with Crippen LogP contribution in [0.3, 0.4) is 0 Å². The van der Waals surface area contributed by atoms with Gasteiger partial charge in [0.25, 0.3) is 0 Å². The van der Waals surface area contributed by atoms with Crippen molar-refractivity contribution in [2.24, 2.45) is 0 Å². The van der Waals surface area contributed by atoms with Gasteiger partial charge in [0.2, 0.25) is 5.91 Å². The molecule has 23 heavy (non-hydrogen) atoms. The molecule has 0 radical (unpaired) electrons. The van der Waals surface area contributed by atoms with E-state index in [-0.39, 0.29) is 29.2 Å². The number of hydrogen-bond donors (Lipinski definition) is 1. The summed E-state index contributed by atoms with van der Waals surface area (Å²) in [4.78, 5) is 16.0. The molecule has 0 aromatic heterocycles. The molecule has 2 rings (SSSR count). The Balaban J connectivity index is 2.00. The highest BCUT2D eigenvalue weighted by Crippen LogP contribution is 2.20. The number of nitrogens with zero attached hydrogens (tertiary/aromatic N) is 2. The molecule has 0 aliphatic carbocycles. The van der Waals surface area contributed by atoms with Crippen LogP contribution in [0.1, 0.15) is 18.9 Å². The van der Waals surface area contributed by atoms with E-state index in [4.69, 9.17) is 0 Å². The largest absolute Gasteiger partial charge is 0.508 e. The number of phenols is 1. The van der Waals surface area contributed by atoms with Crippen LogP contribution in [0, 0.1) is 0 Å². The van der Waals surface area contributed by atoms with Crippen LogP contribution in [0.5, 0.6) is 5.75 Å². The van der Waals surface area contributed by atoms with Gasteiger partial charge in [0.15, 0.2) is 9.84 Å². The summed E-state index contributed by atoms with van der Waals surface area (Å²) in [7, 11) is 0.464. The SMILES string of the molecule is CC(C(=O)N(C)C1CCS(=O)(=O)C1)N(C)Cc1ccccc1O. The minimum Gasteiger partial charge on any atom is -0.508 e. The lowest BCUT2D eigenvalue weighted by Crippen LogP contribution is -2.48. The molecule has 1 aliphatic rings. The minimum atomic E-state index is -3.01. The summed E-state index contributed by atoms with van der Waals surface area (Å²) in [5.74, 6) is 0.294. The van der Waals surface area contributed by atoms with Crippen LogP contribution in [0.15, 0.2) is 24.3 Å². The first-order valence-electron chi connectivity index (χ1n) is 7.65. The quantitative estimate of drug-likeness (QED) is 0.860. The monoisotopic (exact) mass is 340 g/mol. The van der Waals surface area contributed by atoms with E-state index in [9.17, 15) is 18.3 Å². The number of aromatic hydroxyl groups is 1. The number of benzene rings is 1. The lowest BCUT2D eigenvalue weighted by Gasteiger charge is -2.31. The summed E-state index contributed by atoms with van der Waals surface area (Å²) in [6.07, 6.45) is 0.500. The molecule has 2 unspecified atom stereocenters. The van der Waals surface area contributed by atoms with Crippen molar-refractivity contribution in [3.05, 3.63) is 29.8 Å². The zero-order valence-corrected chi connectivity index (χ0v) is 14.6. The van der Waals surface area contributed by atoms with Crippen molar-refractivity contribution in [2.75, 3.05) is 25.6 Å². The van der Waals surface area contributed by atoms with Crippen molar-refractivity contribution in [1.82, 2.24) is 9.80 Å². The van der Waals surface area contributed by atoms with E-state index in [0.717, 1.165) is 5.56 Å². The molecular weight excluding hydrogens is 316 g/mol. The molecule has 2 atom stereocenters. The van der Waals surface area contributed by atoms with Crippen molar-refractivity contribution in [3.8, 4) is 5.75 Å². The van der Waals surface area contributed by atoms with Crippen LogP contribution in [0.25, 0.3) is 0 Å². The van der Waals surface area contributed by atoms with Crippen LogP contribution in [-0.2, 0) is 21.2 Å². The smallest absolute Gasteiger partial charge is 0.239 e. The fourth-order valence-electron chi connectivity index (χ4n) is 2.79. The molecule has 1 amide bonds. The summed E-state index contributed by atoms with van der Waals surface area (Å²) < 4.78 is 23.1. The molecule has 1 aliphatic heterocycles. The lowest BCUT2D eigenvalue weighted by molar-refractivity contribution is -0.136. The number of likely N-dealkylation sites (N-methyl/N-ethyl adjacent to an activating group) is 2. The van der Waals surface area contributed by atoms with Gasteiger partial charge in [0.1, 0.15) is 5.75 Å². The van der Waals surface area contributed by atoms with Gasteiger partial charge in [-0.3, -0.25) is 9.69 Å². The van der Waals surface area contributed by atoms with Gasteiger partial charge in [-0.15, -0.1) is 0 Å². The molecule has 128 valence electrons. The Kier molecular flexibility index (Phi) is 5.31. The van der Waals surface area contributed by atoms with E-state index in [1.165, 1.54) is 0 Å². The topological polar surface area (TPSA) is 77.9 Å². The summed E-state index contributed by atoms with van der Waals surface area (Å²) in [6.45, 7) is 2.23. The fourth-order valence-corrected chi connectivity index (χ4v) is 4.57. The third kappa shape index (κ3) is 4.23. The molecule has 6 nitrogen and oxygen atoms in total. The Morgan fingerprint density at radius 3 is 2.57 bits per heavy atom. The molecular formula is C16H24N2O4S. The Morgan fingerprint density at radius 2 is 2.00 bits per heavy atom. The van der Waals surface area contributed by atoms with Gasteiger partial charge in [-0.25, -0.2) is 8.42 Å². The minimum absolute atomic E-state index is 0.0468. The highest BCUT2D eigenvalue weighted by atomic mass is 32.2. The molecule has 1 heterocycles. The van der Waals surface area contributed by atoms with Crippen molar-refractivity contribution < 1.29 is 18.3 Å². The Bertz CT molecular complexity index is 674. The predicted molar refractivity (Wildman–Crippen MR) is 88.9 cm³/mol. The van der Waals surface area contributed by atoms with Crippen molar-refractivity contribution >= 4 is 15.7 Å². The van der Waals surface area contributed by atoms with Crippen LogP contribution >= 0.6 is 0 Å². The summed E-state index contributed by atoms with van der Waals surface area (Å²) in [6, 6.07) is 6.38. The van der Waals surface area contributed by atoms with Gasteiger partial charge in [0.05, 0.1) is 17.5 Å². The number of amides is 1. The lowest BCUT2D eigenvalue weighted by atomic mass is 10.1. The molecule has 1 fully saturated rings. The Morgan fingerprint density at radius 1 is 1.35 bits per heavy atom. The van der Waals surface area contributed by atoms with Crippen LogP contribution in [0.2, 0.25) is 0 Å². The van der Waals surface area contributed by atoms with Crippen LogP contribution in [0.4, 0.5) is 0 Å². The van der Waals surface area contributed by atoms with Gasteiger partial charge in [-0.2, -0.15) is 0 Å². The first kappa shape index (κ1) is 17.7. The summed E-state index contributed by atoms with van der Waals surface area (Å²) >= 11 is 0. The van der Waals surface area contributed by atoms with Crippen LogP contribution in [-0.4, -0.2) is 66.9 Å². The molecule has 1 aromatic rings. The second-order valence-corrected chi connectivity index (χ2v) is 8.45. The third-order valence-corrected chi connectivity index (χ3v) is 6.28. The first-order valence-corrected chi connectivity index (χ1v) is 9.47. The zero-order valence-electron chi connectivity index (χ0n) is 13.8. The highest BCUT2D eigenvalue weighted by Gasteiger charge is 2.34. The molecule has 0 bridgehead atoms. The highest BCUT2D eigenvalue weighted by molar-refractivity contribution is 7.91. The average molecular weight is 340 g/mol. The van der Waals surface area contributed by atoms with E-state index >= 15 is 0 Å². The van der Waals surface area contributed by atoms with Crippen molar-refractivity contribution in [2.45, 2.75) is 32.0 Å². The number of phenolic OH excluding ortho intramolecular Hbond substituents is 1. The zero-order chi connectivity index (χ0) is 17.2. The van der Waals surface area contributed by atoms with Crippen LogP contribution < -0.4 is 0 Å². The molecule has 7 heteroatoms. The number of sulfone groups is 1. The fraction of sp³-hybridized carbons (Fsp3) is 0.562. The van der Waals surface area contributed by atoms with E-state index in [1.54, 1.807) is 31.0 Å². The van der Waals surface area contributed by atoms with Crippen molar-refractivity contribution in [3.63, 3.8) is 0 Å². The van der Waals surface area contributed by atoms with E-state index < -0.39 is 15.9 Å². The number of hydrogen-bond acceptors (Lipinski definition) is 5. The summed E-state index contributed by atoms with van der Waals surface area (Å²) in [5, 5.41) is 9.83. The van der Waals surface area contributed by atoms with Gasteiger partial charge in [-0.1, -0.05) is 18.2 Å². The molecule has 0 saturated carbocycles. The molecule has 0 spiro atoms. The maximum Gasteiger partial charge on any atom is 0.239 e. The van der Waals surface area contributed by atoms with Gasteiger partial charge in [0, 0.05) is 25.2 Å².